The highest BCUT2D eigenvalue weighted by atomic mass is 32.2. The van der Waals surface area contributed by atoms with Gasteiger partial charge < -0.3 is 9.84 Å². The number of carboxylic acid groups (broad SMARTS) is 1. The number of amides is 1. The Labute approximate surface area is 186 Å². The van der Waals surface area contributed by atoms with Crippen LogP contribution < -0.4 is 4.72 Å². The monoisotopic (exact) mass is 452 g/mol. The molecule has 1 aliphatic heterocycles. The minimum absolute atomic E-state index is 0.0766. The van der Waals surface area contributed by atoms with Gasteiger partial charge in [0.25, 0.3) is 0 Å². The molecule has 8 heteroatoms. The van der Waals surface area contributed by atoms with Gasteiger partial charge in [-0.3, -0.25) is 4.90 Å². The van der Waals surface area contributed by atoms with Gasteiger partial charge in [-0.1, -0.05) is 44.2 Å². The van der Waals surface area contributed by atoms with Crippen molar-refractivity contribution in [3.8, 4) is 0 Å². The molecular weight excluding hydrogens is 416 g/mol. The van der Waals surface area contributed by atoms with E-state index >= 15 is 0 Å². The van der Waals surface area contributed by atoms with Crippen LogP contribution in [-0.2, 0) is 14.8 Å². The summed E-state index contributed by atoms with van der Waals surface area (Å²) in [6.07, 6.45) is 5.86. The number of likely N-dealkylation sites (tertiary alicyclic amines) is 1. The summed E-state index contributed by atoms with van der Waals surface area (Å²) in [5.74, 6) is 0.538. The van der Waals surface area contributed by atoms with Gasteiger partial charge in [-0.05, 0) is 56.4 Å². The lowest BCUT2D eigenvalue weighted by atomic mass is 9.83. The zero-order valence-electron chi connectivity index (χ0n) is 18.8. The fourth-order valence-corrected chi connectivity index (χ4v) is 6.30. The Morgan fingerprint density at radius 2 is 1.77 bits per heavy atom. The molecule has 7 nitrogen and oxygen atoms in total. The van der Waals surface area contributed by atoms with Gasteiger partial charge in [-0.2, -0.15) is 0 Å². The molecule has 31 heavy (non-hydrogen) atoms. The average Bonchev–Trinajstić information content (AvgIpc) is 3.05. The van der Waals surface area contributed by atoms with Crippen LogP contribution in [0.1, 0.15) is 70.3 Å². The molecule has 1 saturated heterocycles. The second kappa shape index (κ2) is 9.88. The molecule has 1 aromatic carbocycles. The molecule has 0 radical (unpaired) electrons. The Hall–Kier alpha value is -1.64. The lowest BCUT2D eigenvalue weighted by Crippen LogP contribution is -2.53. The van der Waals surface area contributed by atoms with Crippen LogP contribution in [-0.4, -0.2) is 61.1 Å². The molecule has 0 bridgehead atoms. The highest BCUT2D eigenvalue weighted by molar-refractivity contribution is 7.88. The van der Waals surface area contributed by atoms with Crippen molar-refractivity contribution in [2.45, 2.75) is 88.4 Å². The third-order valence-corrected chi connectivity index (χ3v) is 7.97. The molecule has 1 amide bonds. The molecule has 2 aliphatic rings. The third-order valence-electron chi connectivity index (χ3n) is 7.24. The number of benzene rings is 1. The fourth-order valence-electron chi connectivity index (χ4n) is 5.51. The lowest BCUT2D eigenvalue weighted by Gasteiger charge is -2.38. The summed E-state index contributed by atoms with van der Waals surface area (Å²) in [6, 6.07) is 9.51. The molecular formula is C23H36N2O5S. The quantitative estimate of drug-likeness (QED) is 0.622. The van der Waals surface area contributed by atoms with Gasteiger partial charge in [-0.15, -0.1) is 0 Å². The van der Waals surface area contributed by atoms with Crippen molar-refractivity contribution in [3.63, 3.8) is 0 Å². The number of carbonyl (C=O) groups is 1. The zero-order valence-corrected chi connectivity index (χ0v) is 19.6. The van der Waals surface area contributed by atoms with E-state index in [2.05, 4.69) is 29.0 Å². The highest BCUT2D eigenvalue weighted by Gasteiger charge is 2.53. The van der Waals surface area contributed by atoms with Crippen LogP contribution in [0, 0.1) is 0 Å². The van der Waals surface area contributed by atoms with E-state index in [9.17, 15) is 18.3 Å². The van der Waals surface area contributed by atoms with Crippen LogP contribution in [0.2, 0.25) is 0 Å². The zero-order chi connectivity index (χ0) is 22.6. The van der Waals surface area contributed by atoms with Crippen LogP contribution >= 0.6 is 0 Å². The van der Waals surface area contributed by atoms with Gasteiger partial charge in [0, 0.05) is 11.6 Å². The molecule has 1 saturated carbocycles. The number of sulfonamides is 1. The number of nitrogens with one attached hydrogen (secondary N) is 1. The van der Waals surface area contributed by atoms with Crippen LogP contribution in [0.15, 0.2) is 30.3 Å². The summed E-state index contributed by atoms with van der Waals surface area (Å²) in [5.41, 5.74) is 0.787. The van der Waals surface area contributed by atoms with Crippen molar-refractivity contribution in [1.82, 2.24) is 9.62 Å². The minimum Gasteiger partial charge on any atom is -0.465 e. The fraction of sp³-hybridized carbons (Fsp3) is 0.696. The molecule has 2 N–H and O–H groups in total. The number of rotatable bonds is 8. The van der Waals surface area contributed by atoms with Gasteiger partial charge in [0.05, 0.1) is 25.0 Å². The van der Waals surface area contributed by atoms with E-state index in [4.69, 9.17) is 4.74 Å². The first-order valence-electron chi connectivity index (χ1n) is 11.3. The third kappa shape index (κ3) is 5.59. The van der Waals surface area contributed by atoms with E-state index in [1.807, 2.05) is 19.9 Å². The SMILES string of the molecule is CCC1(CC)C[C@@H](NS(C)(=O)=O)[C@@H](CO[C@H]2CC[C@@H](c3ccccc3)CC2)N1C(=O)O. The molecule has 1 aliphatic carbocycles. The molecule has 2 fully saturated rings. The smallest absolute Gasteiger partial charge is 0.408 e. The number of ether oxygens (including phenoxy) is 1. The molecule has 174 valence electrons. The van der Waals surface area contributed by atoms with Gasteiger partial charge in [0.2, 0.25) is 10.0 Å². The maximum absolute atomic E-state index is 12.2. The van der Waals surface area contributed by atoms with Crippen LogP contribution in [0.25, 0.3) is 0 Å². The maximum Gasteiger partial charge on any atom is 0.408 e. The number of hydrogen-bond donors (Lipinski definition) is 2. The van der Waals surface area contributed by atoms with Crippen molar-refractivity contribution in [2.75, 3.05) is 12.9 Å². The lowest BCUT2D eigenvalue weighted by molar-refractivity contribution is -0.0173. The van der Waals surface area contributed by atoms with E-state index in [1.54, 1.807) is 0 Å². The van der Waals surface area contributed by atoms with Crippen LogP contribution in [0.4, 0.5) is 4.79 Å². The topological polar surface area (TPSA) is 95.9 Å². The predicted octanol–water partition coefficient (Wildman–Crippen LogP) is 3.96. The Balaban J connectivity index is 1.67. The summed E-state index contributed by atoms with van der Waals surface area (Å²) in [6.45, 7) is 4.14. The molecule has 1 heterocycles. The second-order valence-corrected chi connectivity index (χ2v) is 10.8. The van der Waals surface area contributed by atoms with Gasteiger partial charge >= 0.3 is 6.09 Å². The second-order valence-electron chi connectivity index (χ2n) is 9.07. The van der Waals surface area contributed by atoms with Crippen molar-refractivity contribution < 1.29 is 23.1 Å². The summed E-state index contributed by atoms with van der Waals surface area (Å²) in [5, 5.41) is 9.99. The Kier molecular flexibility index (Phi) is 7.65. The normalized spacial score (nSPS) is 28.5. The van der Waals surface area contributed by atoms with Gasteiger partial charge in [-0.25, -0.2) is 17.9 Å². The molecule has 0 unspecified atom stereocenters. The molecule has 1 aromatic rings. The summed E-state index contributed by atoms with van der Waals surface area (Å²) in [7, 11) is -3.46. The summed E-state index contributed by atoms with van der Waals surface area (Å²) in [4.78, 5) is 13.7. The first-order chi connectivity index (χ1) is 14.7. The Morgan fingerprint density at radius 1 is 1.16 bits per heavy atom. The Morgan fingerprint density at radius 3 is 2.29 bits per heavy atom. The number of hydrogen-bond acceptors (Lipinski definition) is 4. The first kappa shape index (κ1) is 24.0. The van der Waals surface area contributed by atoms with E-state index in [1.165, 1.54) is 10.5 Å². The first-order valence-corrected chi connectivity index (χ1v) is 13.2. The predicted molar refractivity (Wildman–Crippen MR) is 121 cm³/mol. The van der Waals surface area contributed by atoms with Crippen molar-refractivity contribution >= 4 is 16.1 Å². The van der Waals surface area contributed by atoms with Crippen molar-refractivity contribution in [3.05, 3.63) is 35.9 Å². The van der Waals surface area contributed by atoms with E-state index in [0.717, 1.165) is 31.9 Å². The summed E-state index contributed by atoms with van der Waals surface area (Å²) >= 11 is 0. The molecule has 0 spiro atoms. The summed E-state index contributed by atoms with van der Waals surface area (Å²) < 4.78 is 32.8. The van der Waals surface area contributed by atoms with E-state index < -0.39 is 33.7 Å². The Bertz CT molecular complexity index is 833. The maximum atomic E-state index is 12.2. The van der Waals surface area contributed by atoms with Crippen molar-refractivity contribution in [2.24, 2.45) is 0 Å². The average molecular weight is 453 g/mol. The standard InChI is InChI=1S/C23H36N2O5S/c1-4-23(5-2)15-20(24-31(3,28)29)21(25(23)22(26)27)16-30-19-13-11-18(12-14-19)17-9-7-6-8-10-17/h6-10,18-21,24H,4-5,11-16H2,1-3H3,(H,26,27)/t18-,19+,20-,21-/m1/s1. The largest absolute Gasteiger partial charge is 0.465 e. The molecule has 2 atom stereocenters. The van der Waals surface area contributed by atoms with E-state index in [-0.39, 0.29) is 12.7 Å². The van der Waals surface area contributed by atoms with Crippen molar-refractivity contribution in [1.29, 1.82) is 0 Å². The number of nitrogens with zero attached hydrogens (tertiary/aromatic N) is 1. The highest BCUT2D eigenvalue weighted by Crippen LogP contribution is 2.41. The van der Waals surface area contributed by atoms with Crippen LogP contribution in [0.3, 0.4) is 0 Å². The van der Waals surface area contributed by atoms with Gasteiger partial charge in [0.15, 0.2) is 0 Å². The van der Waals surface area contributed by atoms with E-state index in [0.29, 0.717) is 25.2 Å². The molecule has 3 rings (SSSR count). The van der Waals surface area contributed by atoms with Gasteiger partial charge in [0.1, 0.15) is 0 Å². The molecule has 0 aromatic heterocycles. The van der Waals surface area contributed by atoms with Crippen LogP contribution in [0.5, 0.6) is 0 Å². The minimum atomic E-state index is -3.46.